The van der Waals surface area contributed by atoms with Gasteiger partial charge in [0.2, 0.25) is 0 Å². The van der Waals surface area contributed by atoms with Gasteiger partial charge in [0.15, 0.2) is 0 Å². The third-order valence-electron chi connectivity index (χ3n) is 2.88. The van der Waals surface area contributed by atoms with Crippen molar-refractivity contribution in [2.24, 2.45) is 0 Å². The number of hydrogen-bond acceptors (Lipinski definition) is 4. The molecule has 0 bridgehead atoms. The summed E-state index contributed by atoms with van der Waals surface area (Å²) in [7, 11) is 0. The molecule has 0 amide bonds. The van der Waals surface area contributed by atoms with E-state index in [-0.39, 0.29) is 6.10 Å². The van der Waals surface area contributed by atoms with Crippen LogP contribution < -0.4 is 15.8 Å². The normalized spacial score (nSPS) is 10.6. The lowest BCUT2D eigenvalue weighted by Crippen LogP contribution is -2.07. The van der Waals surface area contributed by atoms with Crippen molar-refractivity contribution >= 4 is 11.4 Å². The van der Waals surface area contributed by atoms with E-state index in [0.717, 1.165) is 17.1 Å². The molecule has 3 N–H and O–H groups in total. The Labute approximate surface area is 120 Å². The predicted molar refractivity (Wildman–Crippen MR) is 82.9 cm³/mol. The van der Waals surface area contributed by atoms with E-state index in [1.54, 1.807) is 6.20 Å². The van der Waals surface area contributed by atoms with Gasteiger partial charge in [0.05, 0.1) is 18.3 Å². The first-order chi connectivity index (χ1) is 9.54. The predicted octanol–water partition coefficient (Wildman–Crippen LogP) is 3.37. The Balaban J connectivity index is 2.09. The van der Waals surface area contributed by atoms with Crippen LogP contribution in [-0.4, -0.2) is 11.1 Å². The molecule has 0 aliphatic heterocycles. The molecule has 2 aromatic rings. The van der Waals surface area contributed by atoms with Gasteiger partial charge < -0.3 is 15.8 Å². The lowest BCUT2D eigenvalue weighted by atomic mass is 10.2. The quantitative estimate of drug-likeness (QED) is 0.818. The van der Waals surface area contributed by atoms with Crippen molar-refractivity contribution in [2.75, 3.05) is 11.1 Å². The Hall–Kier alpha value is -2.23. The van der Waals surface area contributed by atoms with Crippen molar-refractivity contribution in [1.29, 1.82) is 0 Å². The monoisotopic (exact) mass is 271 g/mol. The van der Waals surface area contributed by atoms with Gasteiger partial charge >= 0.3 is 0 Å². The van der Waals surface area contributed by atoms with Gasteiger partial charge in [0.1, 0.15) is 5.75 Å². The minimum atomic E-state index is 0.127. The molecule has 4 heteroatoms. The number of nitrogens with zero attached hydrogens (tertiary/aromatic N) is 1. The van der Waals surface area contributed by atoms with E-state index in [1.165, 1.54) is 5.56 Å². The highest BCUT2D eigenvalue weighted by Crippen LogP contribution is 2.24. The number of nitrogen functional groups attached to an aromatic ring is 1. The number of rotatable bonds is 5. The average molecular weight is 271 g/mol. The van der Waals surface area contributed by atoms with Crippen LogP contribution in [0.4, 0.5) is 11.4 Å². The molecule has 1 aromatic heterocycles. The third-order valence-corrected chi connectivity index (χ3v) is 2.88. The van der Waals surface area contributed by atoms with E-state index in [2.05, 4.69) is 23.3 Å². The summed E-state index contributed by atoms with van der Waals surface area (Å²) in [6.07, 6.45) is 1.93. The largest absolute Gasteiger partial charge is 0.491 e. The number of aryl methyl sites for hydroxylation is 1. The summed E-state index contributed by atoms with van der Waals surface area (Å²) in [5.74, 6) is 0.778. The summed E-state index contributed by atoms with van der Waals surface area (Å²) in [6.45, 7) is 6.70. The maximum Gasteiger partial charge on any atom is 0.123 e. The first-order valence-electron chi connectivity index (χ1n) is 6.76. The van der Waals surface area contributed by atoms with Gasteiger partial charge in [-0.1, -0.05) is 6.07 Å². The molecule has 0 saturated carbocycles. The van der Waals surface area contributed by atoms with E-state index in [9.17, 15) is 0 Å². The maximum atomic E-state index is 5.90. The first kappa shape index (κ1) is 14.2. The molecule has 0 unspecified atom stereocenters. The zero-order valence-electron chi connectivity index (χ0n) is 12.2. The molecule has 4 nitrogen and oxygen atoms in total. The second kappa shape index (κ2) is 6.28. The summed E-state index contributed by atoms with van der Waals surface area (Å²) in [4.78, 5) is 4.36. The average Bonchev–Trinajstić information content (AvgIpc) is 2.36. The lowest BCUT2D eigenvalue weighted by Gasteiger charge is -2.13. The fourth-order valence-electron chi connectivity index (χ4n) is 1.95. The second-order valence-electron chi connectivity index (χ2n) is 5.08. The van der Waals surface area contributed by atoms with Gasteiger partial charge in [-0.05, 0) is 38.5 Å². The van der Waals surface area contributed by atoms with E-state index in [1.807, 2.05) is 38.1 Å². The molecule has 0 atom stereocenters. The zero-order valence-corrected chi connectivity index (χ0v) is 12.2. The Morgan fingerprint density at radius 2 is 2.10 bits per heavy atom. The van der Waals surface area contributed by atoms with Crippen LogP contribution in [0.1, 0.15) is 25.1 Å². The van der Waals surface area contributed by atoms with Crippen LogP contribution in [0.5, 0.6) is 5.75 Å². The molecular formula is C16H21N3O. The van der Waals surface area contributed by atoms with E-state index >= 15 is 0 Å². The number of nitrogens with one attached hydrogen (secondary N) is 1. The SMILES string of the molecule is Cc1cccnc1CNc1cc(N)cc(OC(C)C)c1. The Morgan fingerprint density at radius 1 is 1.30 bits per heavy atom. The van der Waals surface area contributed by atoms with Crippen LogP contribution in [0.15, 0.2) is 36.5 Å². The second-order valence-corrected chi connectivity index (χ2v) is 5.08. The van der Waals surface area contributed by atoms with Crippen molar-refractivity contribution in [3.05, 3.63) is 47.8 Å². The minimum absolute atomic E-state index is 0.127. The van der Waals surface area contributed by atoms with Gasteiger partial charge in [-0.2, -0.15) is 0 Å². The number of aromatic nitrogens is 1. The maximum absolute atomic E-state index is 5.90. The molecule has 2 rings (SSSR count). The fourth-order valence-corrected chi connectivity index (χ4v) is 1.95. The Kier molecular flexibility index (Phi) is 4.45. The Morgan fingerprint density at radius 3 is 2.80 bits per heavy atom. The van der Waals surface area contributed by atoms with Crippen LogP contribution in [0.3, 0.4) is 0 Å². The number of anilines is 2. The summed E-state index contributed by atoms with van der Waals surface area (Å²) in [6, 6.07) is 9.67. The van der Waals surface area contributed by atoms with Crippen molar-refractivity contribution in [1.82, 2.24) is 4.98 Å². The van der Waals surface area contributed by atoms with Gasteiger partial charge in [-0.15, -0.1) is 0 Å². The van der Waals surface area contributed by atoms with Gasteiger partial charge in [-0.25, -0.2) is 0 Å². The van der Waals surface area contributed by atoms with Crippen molar-refractivity contribution in [2.45, 2.75) is 33.4 Å². The number of nitrogens with two attached hydrogens (primary N) is 1. The van der Waals surface area contributed by atoms with Crippen molar-refractivity contribution in [3.63, 3.8) is 0 Å². The third kappa shape index (κ3) is 3.88. The molecule has 0 radical (unpaired) electrons. The molecule has 20 heavy (non-hydrogen) atoms. The molecule has 106 valence electrons. The number of hydrogen-bond donors (Lipinski definition) is 2. The van der Waals surface area contributed by atoms with Crippen LogP contribution in [0.2, 0.25) is 0 Å². The standard InChI is InChI=1S/C16H21N3O/c1-11(2)20-15-8-13(17)7-14(9-15)19-10-16-12(3)5-4-6-18-16/h4-9,11,19H,10,17H2,1-3H3. The first-order valence-corrected chi connectivity index (χ1v) is 6.76. The van der Waals surface area contributed by atoms with Gasteiger partial charge in [0.25, 0.3) is 0 Å². The van der Waals surface area contributed by atoms with Gasteiger partial charge in [-0.3, -0.25) is 4.98 Å². The molecule has 0 spiro atoms. The minimum Gasteiger partial charge on any atom is -0.491 e. The van der Waals surface area contributed by atoms with Crippen molar-refractivity contribution in [3.8, 4) is 5.75 Å². The number of pyridine rings is 1. The number of benzene rings is 1. The van der Waals surface area contributed by atoms with Crippen LogP contribution in [0.25, 0.3) is 0 Å². The highest BCUT2D eigenvalue weighted by molar-refractivity contribution is 5.59. The summed E-state index contributed by atoms with van der Waals surface area (Å²) in [5, 5.41) is 3.33. The summed E-state index contributed by atoms with van der Waals surface area (Å²) in [5.41, 5.74) is 9.72. The topological polar surface area (TPSA) is 60.2 Å². The zero-order chi connectivity index (χ0) is 14.5. The van der Waals surface area contributed by atoms with Crippen LogP contribution in [-0.2, 0) is 6.54 Å². The molecule has 0 fully saturated rings. The Bertz CT molecular complexity index is 582. The summed E-state index contributed by atoms with van der Waals surface area (Å²) >= 11 is 0. The molecule has 0 aliphatic rings. The van der Waals surface area contributed by atoms with E-state index in [4.69, 9.17) is 10.5 Å². The van der Waals surface area contributed by atoms with Crippen molar-refractivity contribution < 1.29 is 4.74 Å². The van der Waals surface area contributed by atoms with E-state index in [0.29, 0.717) is 12.2 Å². The molecular weight excluding hydrogens is 250 g/mol. The smallest absolute Gasteiger partial charge is 0.123 e. The number of ether oxygens (including phenoxy) is 1. The lowest BCUT2D eigenvalue weighted by molar-refractivity contribution is 0.242. The molecule has 1 aromatic carbocycles. The molecule has 0 aliphatic carbocycles. The fraction of sp³-hybridized carbons (Fsp3) is 0.312. The molecule has 1 heterocycles. The van der Waals surface area contributed by atoms with Crippen LogP contribution in [0, 0.1) is 6.92 Å². The summed E-state index contributed by atoms with van der Waals surface area (Å²) < 4.78 is 5.68. The van der Waals surface area contributed by atoms with Gasteiger partial charge in [0, 0.05) is 29.7 Å². The van der Waals surface area contributed by atoms with E-state index < -0.39 is 0 Å². The molecule has 0 saturated heterocycles. The van der Waals surface area contributed by atoms with Crippen LogP contribution >= 0.6 is 0 Å². The highest BCUT2D eigenvalue weighted by atomic mass is 16.5. The highest BCUT2D eigenvalue weighted by Gasteiger charge is 2.04.